The van der Waals surface area contributed by atoms with Crippen LogP contribution in [0.5, 0.6) is 0 Å². The zero-order valence-electron chi connectivity index (χ0n) is 10.2. The second kappa shape index (κ2) is 6.02. The number of H-pyrrole nitrogens is 1. The number of ether oxygens (including phenoxy) is 1. The molecule has 1 heterocycles. The number of halogens is 1. The van der Waals surface area contributed by atoms with Gasteiger partial charge < -0.3 is 4.74 Å². The number of hydrogen-bond acceptors (Lipinski definition) is 3. The van der Waals surface area contributed by atoms with E-state index in [-0.39, 0.29) is 23.2 Å². The molecule has 1 rings (SSSR count). The number of hydrogen-bond donors (Lipinski definition) is 1. The highest BCUT2D eigenvalue weighted by Crippen LogP contribution is 2.16. The third-order valence-electron chi connectivity index (χ3n) is 2.41. The molecule has 0 unspecified atom stereocenters. The number of nitrogens with one attached hydrogen (secondary N) is 1. The average Bonchev–Trinajstić information content (AvgIpc) is 2.21. The summed E-state index contributed by atoms with van der Waals surface area (Å²) < 4.78 is 6.25. The molecule has 1 N–H and O–H groups in total. The van der Waals surface area contributed by atoms with Crippen LogP contribution >= 0.6 is 11.6 Å². The van der Waals surface area contributed by atoms with E-state index in [0.717, 1.165) is 4.57 Å². The zero-order chi connectivity index (χ0) is 13.0. The van der Waals surface area contributed by atoms with Crippen LogP contribution in [0.15, 0.2) is 9.59 Å². The highest BCUT2D eigenvalue weighted by atomic mass is 35.5. The van der Waals surface area contributed by atoms with Crippen molar-refractivity contribution >= 4 is 11.6 Å². The Balaban J connectivity index is 3.17. The van der Waals surface area contributed by atoms with Crippen molar-refractivity contribution in [2.24, 2.45) is 0 Å². The molecule has 17 heavy (non-hydrogen) atoms. The van der Waals surface area contributed by atoms with Crippen molar-refractivity contribution < 1.29 is 4.74 Å². The highest BCUT2D eigenvalue weighted by Gasteiger charge is 2.15. The maximum atomic E-state index is 12.0. The Labute approximate surface area is 104 Å². The van der Waals surface area contributed by atoms with Crippen LogP contribution in [0.4, 0.5) is 0 Å². The molecule has 0 fully saturated rings. The normalized spacial score (nSPS) is 11.1. The Morgan fingerprint density at radius 2 is 2.06 bits per heavy atom. The second-order valence-electron chi connectivity index (χ2n) is 3.97. The van der Waals surface area contributed by atoms with E-state index in [2.05, 4.69) is 4.98 Å². The van der Waals surface area contributed by atoms with E-state index in [1.165, 1.54) is 0 Å². The molecule has 5 nitrogen and oxygen atoms in total. The summed E-state index contributed by atoms with van der Waals surface area (Å²) in [7, 11) is 0. The Hall–Kier alpha value is -1.07. The first kappa shape index (κ1) is 14.0. The van der Waals surface area contributed by atoms with Gasteiger partial charge in [0.1, 0.15) is 5.15 Å². The van der Waals surface area contributed by atoms with E-state index in [1.807, 2.05) is 20.8 Å². The first-order valence-corrected chi connectivity index (χ1v) is 5.97. The van der Waals surface area contributed by atoms with E-state index in [4.69, 9.17) is 16.3 Å². The first-order chi connectivity index (χ1) is 7.99. The Bertz CT molecular complexity index is 490. The van der Waals surface area contributed by atoms with Crippen LogP contribution in [0.25, 0.3) is 0 Å². The summed E-state index contributed by atoms with van der Waals surface area (Å²) in [5, 5.41) is 0.127. The molecule has 0 bridgehead atoms. The molecule has 0 aliphatic carbocycles. The van der Waals surface area contributed by atoms with Crippen molar-refractivity contribution in [3.05, 3.63) is 31.6 Å². The number of rotatable bonds is 5. The Morgan fingerprint density at radius 3 is 2.59 bits per heavy atom. The van der Waals surface area contributed by atoms with Crippen molar-refractivity contribution in [2.45, 2.75) is 33.2 Å². The molecule has 0 saturated carbocycles. The van der Waals surface area contributed by atoms with Crippen LogP contribution in [0.1, 0.15) is 32.3 Å². The molecule has 0 atom stereocenters. The van der Waals surface area contributed by atoms with E-state index >= 15 is 0 Å². The summed E-state index contributed by atoms with van der Waals surface area (Å²) in [6.07, 6.45) is 0. The standard InChI is InChI=1S/C11H17ClN2O3/c1-4-17-6-5-14-10(15)8(7(2)3)9(12)13-11(14)16/h7H,4-6H2,1-3H3,(H,13,16). The van der Waals surface area contributed by atoms with Crippen molar-refractivity contribution in [2.75, 3.05) is 13.2 Å². The lowest BCUT2D eigenvalue weighted by atomic mass is 10.1. The summed E-state index contributed by atoms with van der Waals surface area (Å²) in [6, 6.07) is 0. The van der Waals surface area contributed by atoms with E-state index < -0.39 is 5.69 Å². The molecular formula is C11H17ClN2O3. The zero-order valence-corrected chi connectivity index (χ0v) is 11.0. The smallest absolute Gasteiger partial charge is 0.329 e. The number of nitrogens with zero attached hydrogens (tertiary/aromatic N) is 1. The molecular weight excluding hydrogens is 244 g/mol. The fourth-order valence-electron chi connectivity index (χ4n) is 1.56. The summed E-state index contributed by atoms with van der Waals surface area (Å²) in [6.45, 7) is 6.69. The minimum absolute atomic E-state index is 0.0369. The molecule has 0 aliphatic heterocycles. The van der Waals surface area contributed by atoms with E-state index in [9.17, 15) is 9.59 Å². The minimum atomic E-state index is -0.496. The molecule has 1 aromatic heterocycles. The molecule has 0 radical (unpaired) electrons. The fourth-order valence-corrected chi connectivity index (χ4v) is 1.94. The van der Waals surface area contributed by atoms with Gasteiger partial charge in [0, 0.05) is 6.61 Å². The SMILES string of the molecule is CCOCCn1c(=O)[nH]c(Cl)c(C(C)C)c1=O. The van der Waals surface area contributed by atoms with Crippen LogP contribution in [0.3, 0.4) is 0 Å². The number of aromatic nitrogens is 2. The van der Waals surface area contributed by atoms with Gasteiger partial charge >= 0.3 is 5.69 Å². The van der Waals surface area contributed by atoms with Crippen LogP contribution in [-0.2, 0) is 11.3 Å². The van der Waals surface area contributed by atoms with Crippen molar-refractivity contribution in [1.29, 1.82) is 0 Å². The molecule has 0 spiro atoms. The van der Waals surface area contributed by atoms with E-state index in [0.29, 0.717) is 18.8 Å². The monoisotopic (exact) mass is 260 g/mol. The van der Waals surface area contributed by atoms with Crippen LogP contribution in [0.2, 0.25) is 5.15 Å². The first-order valence-electron chi connectivity index (χ1n) is 5.59. The predicted molar refractivity (Wildman–Crippen MR) is 66.9 cm³/mol. The van der Waals surface area contributed by atoms with Crippen LogP contribution in [-0.4, -0.2) is 22.8 Å². The number of aromatic amines is 1. The van der Waals surface area contributed by atoms with Gasteiger partial charge in [0.2, 0.25) is 0 Å². The Kier molecular flexibility index (Phi) is 4.96. The molecule has 0 amide bonds. The molecule has 0 aromatic carbocycles. The summed E-state index contributed by atoms with van der Waals surface area (Å²) >= 11 is 5.86. The highest BCUT2D eigenvalue weighted by molar-refractivity contribution is 6.30. The molecule has 96 valence electrons. The van der Waals surface area contributed by atoms with Crippen molar-refractivity contribution in [3.8, 4) is 0 Å². The maximum absolute atomic E-state index is 12.0. The Morgan fingerprint density at radius 1 is 1.41 bits per heavy atom. The third kappa shape index (κ3) is 3.20. The molecule has 1 aromatic rings. The minimum Gasteiger partial charge on any atom is -0.380 e. The lowest BCUT2D eigenvalue weighted by Gasteiger charge is -2.11. The quantitative estimate of drug-likeness (QED) is 0.642. The van der Waals surface area contributed by atoms with Crippen molar-refractivity contribution in [3.63, 3.8) is 0 Å². The maximum Gasteiger partial charge on any atom is 0.329 e. The van der Waals surface area contributed by atoms with Gasteiger partial charge in [0.05, 0.1) is 18.7 Å². The van der Waals surface area contributed by atoms with Crippen LogP contribution in [0, 0.1) is 0 Å². The largest absolute Gasteiger partial charge is 0.380 e. The van der Waals surface area contributed by atoms with E-state index in [1.54, 1.807) is 0 Å². The van der Waals surface area contributed by atoms with Gasteiger partial charge in [-0.05, 0) is 12.8 Å². The van der Waals surface area contributed by atoms with Gasteiger partial charge in [-0.2, -0.15) is 0 Å². The third-order valence-corrected chi connectivity index (χ3v) is 2.71. The molecule has 0 aliphatic rings. The van der Waals surface area contributed by atoms with Gasteiger partial charge in [-0.15, -0.1) is 0 Å². The van der Waals surface area contributed by atoms with Gasteiger partial charge in [-0.1, -0.05) is 25.4 Å². The van der Waals surface area contributed by atoms with Crippen molar-refractivity contribution in [1.82, 2.24) is 9.55 Å². The van der Waals surface area contributed by atoms with Gasteiger partial charge in [-0.25, -0.2) is 4.79 Å². The van der Waals surface area contributed by atoms with Crippen LogP contribution < -0.4 is 11.2 Å². The molecule has 0 saturated heterocycles. The predicted octanol–water partition coefficient (Wildman–Crippen LogP) is 1.35. The average molecular weight is 261 g/mol. The summed E-state index contributed by atoms with van der Waals surface area (Å²) in [4.78, 5) is 26.1. The van der Waals surface area contributed by atoms with Gasteiger partial charge in [0.15, 0.2) is 0 Å². The summed E-state index contributed by atoms with van der Waals surface area (Å²) in [5.41, 5.74) is -0.402. The lowest BCUT2D eigenvalue weighted by Crippen LogP contribution is -2.38. The van der Waals surface area contributed by atoms with Gasteiger partial charge in [0.25, 0.3) is 5.56 Å². The topological polar surface area (TPSA) is 64.1 Å². The molecule has 6 heteroatoms. The summed E-state index contributed by atoms with van der Waals surface area (Å²) in [5.74, 6) is -0.0369. The lowest BCUT2D eigenvalue weighted by molar-refractivity contribution is 0.137. The van der Waals surface area contributed by atoms with Gasteiger partial charge in [-0.3, -0.25) is 14.3 Å². The fraction of sp³-hybridized carbons (Fsp3) is 0.636. The second-order valence-corrected chi connectivity index (χ2v) is 4.34.